The van der Waals surface area contributed by atoms with Crippen molar-refractivity contribution in [2.24, 2.45) is 0 Å². The summed E-state index contributed by atoms with van der Waals surface area (Å²) in [6, 6.07) is 10.6. The molecule has 3 rings (SSSR count). The highest BCUT2D eigenvalue weighted by Crippen LogP contribution is 2.22. The first-order valence-electron chi connectivity index (χ1n) is 8.75. The minimum absolute atomic E-state index is 0.00515. The molecule has 0 bridgehead atoms. The summed E-state index contributed by atoms with van der Waals surface area (Å²) in [5.41, 5.74) is 0.858. The van der Waals surface area contributed by atoms with Crippen molar-refractivity contribution >= 4 is 21.8 Å². The molecular weight excluding hydrogens is 366 g/mol. The molecule has 6 nitrogen and oxygen atoms in total. The summed E-state index contributed by atoms with van der Waals surface area (Å²) in [4.78, 5) is 14.4. The number of rotatable bonds is 6. The van der Waals surface area contributed by atoms with Gasteiger partial charge in [-0.3, -0.25) is 4.79 Å². The van der Waals surface area contributed by atoms with Crippen LogP contribution < -0.4 is 4.74 Å². The van der Waals surface area contributed by atoms with Crippen molar-refractivity contribution in [1.82, 2.24) is 4.90 Å². The van der Waals surface area contributed by atoms with E-state index in [1.807, 2.05) is 43.3 Å². The molecule has 1 amide bonds. The molecule has 0 saturated carbocycles. The standard InChI is InChI=1S/C20H23NO5S/c1-15-3-7-19(26-15)13-21(17-11-12-27(23,24)14-17)20(22)10-6-16-4-8-18(25-2)9-5-16/h3-10,17H,11-14H2,1-2H3/b10-6+. The van der Waals surface area contributed by atoms with Crippen LogP contribution >= 0.6 is 0 Å². The molecule has 0 radical (unpaired) electrons. The van der Waals surface area contributed by atoms with Crippen LogP contribution in [0, 0.1) is 6.92 Å². The maximum Gasteiger partial charge on any atom is 0.247 e. The molecule has 2 aromatic rings. The smallest absolute Gasteiger partial charge is 0.247 e. The number of furan rings is 1. The maximum absolute atomic E-state index is 12.8. The Kier molecular flexibility index (Phi) is 5.70. The average molecular weight is 389 g/mol. The molecule has 1 aromatic heterocycles. The number of carbonyl (C=O) groups excluding carboxylic acids is 1. The van der Waals surface area contributed by atoms with Crippen LogP contribution in [0.2, 0.25) is 0 Å². The molecule has 2 heterocycles. The fourth-order valence-corrected chi connectivity index (χ4v) is 4.86. The third-order valence-corrected chi connectivity index (χ3v) is 6.34. The van der Waals surface area contributed by atoms with Crippen LogP contribution in [0.1, 0.15) is 23.5 Å². The second-order valence-corrected chi connectivity index (χ2v) is 8.87. The molecule has 1 unspecified atom stereocenters. The second kappa shape index (κ2) is 8.00. The molecule has 7 heteroatoms. The Balaban J connectivity index is 1.77. The highest BCUT2D eigenvalue weighted by Gasteiger charge is 2.34. The zero-order chi connectivity index (χ0) is 19.4. The minimum atomic E-state index is -3.10. The number of carbonyl (C=O) groups is 1. The summed E-state index contributed by atoms with van der Waals surface area (Å²) in [5.74, 6) is 2.01. The Morgan fingerprint density at radius 1 is 1.26 bits per heavy atom. The van der Waals surface area contributed by atoms with Crippen molar-refractivity contribution < 1.29 is 22.4 Å². The lowest BCUT2D eigenvalue weighted by atomic mass is 10.1. The average Bonchev–Trinajstić information content (AvgIpc) is 3.22. The summed E-state index contributed by atoms with van der Waals surface area (Å²) in [6.45, 7) is 2.08. The lowest BCUT2D eigenvalue weighted by Crippen LogP contribution is -2.39. The summed E-state index contributed by atoms with van der Waals surface area (Å²) < 4.78 is 34.5. The molecule has 0 spiro atoms. The number of sulfone groups is 1. The lowest BCUT2D eigenvalue weighted by Gasteiger charge is -2.26. The van der Waals surface area contributed by atoms with Gasteiger partial charge in [-0.1, -0.05) is 12.1 Å². The van der Waals surface area contributed by atoms with Gasteiger partial charge in [-0.2, -0.15) is 0 Å². The van der Waals surface area contributed by atoms with Crippen molar-refractivity contribution in [1.29, 1.82) is 0 Å². The highest BCUT2D eigenvalue weighted by molar-refractivity contribution is 7.91. The van der Waals surface area contributed by atoms with E-state index in [2.05, 4.69) is 0 Å². The van der Waals surface area contributed by atoms with Gasteiger partial charge in [-0.25, -0.2) is 8.42 Å². The predicted octanol–water partition coefficient (Wildman–Crippen LogP) is 2.83. The summed E-state index contributed by atoms with van der Waals surface area (Å²) >= 11 is 0. The van der Waals surface area contributed by atoms with Crippen molar-refractivity contribution in [3.63, 3.8) is 0 Å². The quantitative estimate of drug-likeness (QED) is 0.710. The van der Waals surface area contributed by atoms with Crippen molar-refractivity contribution in [2.75, 3.05) is 18.6 Å². The number of methoxy groups -OCH3 is 1. The van der Waals surface area contributed by atoms with Crippen molar-refractivity contribution in [3.05, 3.63) is 59.6 Å². The van der Waals surface area contributed by atoms with Crippen molar-refractivity contribution in [2.45, 2.75) is 25.9 Å². The predicted molar refractivity (Wildman–Crippen MR) is 103 cm³/mol. The molecule has 0 aliphatic carbocycles. The van der Waals surface area contributed by atoms with Crippen LogP contribution in [0.25, 0.3) is 6.08 Å². The van der Waals surface area contributed by atoms with Gasteiger partial charge < -0.3 is 14.1 Å². The van der Waals surface area contributed by atoms with Gasteiger partial charge in [0.15, 0.2) is 9.84 Å². The first-order chi connectivity index (χ1) is 12.9. The van der Waals surface area contributed by atoms with E-state index < -0.39 is 9.84 Å². The monoisotopic (exact) mass is 389 g/mol. The van der Waals surface area contributed by atoms with Gasteiger partial charge >= 0.3 is 0 Å². The van der Waals surface area contributed by atoms with Gasteiger partial charge in [0.05, 0.1) is 25.2 Å². The molecule has 1 saturated heterocycles. The Labute approximate surface area is 159 Å². The SMILES string of the molecule is COc1ccc(/C=C/C(=O)N(Cc2ccc(C)o2)C2CCS(=O)(=O)C2)cc1. The second-order valence-electron chi connectivity index (χ2n) is 6.64. The topological polar surface area (TPSA) is 76.8 Å². The van der Waals surface area contributed by atoms with Gasteiger partial charge in [-0.15, -0.1) is 0 Å². The molecule has 0 N–H and O–H groups in total. The lowest BCUT2D eigenvalue weighted by molar-refractivity contribution is -0.128. The number of benzene rings is 1. The minimum Gasteiger partial charge on any atom is -0.497 e. The van der Waals surface area contributed by atoms with Crippen LogP contribution in [-0.2, 0) is 21.2 Å². The third-order valence-electron chi connectivity index (χ3n) is 4.59. The zero-order valence-corrected chi connectivity index (χ0v) is 16.2. The fourth-order valence-electron chi connectivity index (χ4n) is 3.12. The number of aryl methyl sites for hydroxylation is 1. The molecule has 1 aliphatic heterocycles. The largest absolute Gasteiger partial charge is 0.497 e. The van der Waals surface area contributed by atoms with E-state index >= 15 is 0 Å². The molecule has 1 aromatic carbocycles. The van der Waals surface area contributed by atoms with E-state index in [4.69, 9.17) is 9.15 Å². The van der Waals surface area contributed by atoms with E-state index in [-0.39, 0.29) is 30.0 Å². The first kappa shape index (κ1) is 19.2. The first-order valence-corrected chi connectivity index (χ1v) is 10.6. The number of hydrogen-bond donors (Lipinski definition) is 0. The summed E-state index contributed by atoms with van der Waals surface area (Å²) in [7, 11) is -1.50. The highest BCUT2D eigenvalue weighted by atomic mass is 32.2. The van der Waals surface area contributed by atoms with Crippen LogP contribution in [0.4, 0.5) is 0 Å². The Morgan fingerprint density at radius 3 is 2.56 bits per heavy atom. The Bertz CT molecular complexity index is 928. The van der Waals surface area contributed by atoms with Crippen molar-refractivity contribution in [3.8, 4) is 5.75 Å². The van der Waals surface area contributed by atoms with E-state index in [1.165, 1.54) is 6.08 Å². The van der Waals surface area contributed by atoms with E-state index in [0.717, 1.165) is 17.1 Å². The molecule has 1 fully saturated rings. The van der Waals surface area contributed by atoms with Crippen LogP contribution in [0.3, 0.4) is 0 Å². The van der Waals surface area contributed by atoms with Crippen LogP contribution in [0.5, 0.6) is 5.75 Å². The van der Waals surface area contributed by atoms with E-state index in [1.54, 1.807) is 18.1 Å². The fraction of sp³-hybridized carbons (Fsp3) is 0.350. The normalized spacial score (nSPS) is 18.7. The number of amides is 1. The Hall–Kier alpha value is -2.54. The zero-order valence-electron chi connectivity index (χ0n) is 15.4. The molecule has 27 heavy (non-hydrogen) atoms. The van der Waals surface area contributed by atoms with Crippen LogP contribution in [-0.4, -0.2) is 43.9 Å². The molecule has 1 aliphatic rings. The third kappa shape index (κ3) is 5.01. The number of nitrogens with zero attached hydrogens (tertiary/aromatic N) is 1. The van der Waals surface area contributed by atoms with Gasteiger partial charge in [-0.05, 0) is 49.2 Å². The number of hydrogen-bond acceptors (Lipinski definition) is 5. The van der Waals surface area contributed by atoms with Gasteiger partial charge in [0.1, 0.15) is 17.3 Å². The number of ether oxygens (including phenoxy) is 1. The summed E-state index contributed by atoms with van der Waals surface area (Å²) in [6.07, 6.45) is 3.64. The van der Waals surface area contributed by atoms with Gasteiger partial charge in [0.2, 0.25) is 5.91 Å². The summed E-state index contributed by atoms with van der Waals surface area (Å²) in [5, 5.41) is 0. The van der Waals surface area contributed by atoms with Crippen LogP contribution in [0.15, 0.2) is 46.9 Å². The van der Waals surface area contributed by atoms with Gasteiger partial charge in [0, 0.05) is 12.1 Å². The molecule has 144 valence electrons. The molecule has 1 atom stereocenters. The Morgan fingerprint density at radius 2 is 2.00 bits per heavy atom. The van der Waals surface area contributed by atoms with E-state index in [9.17, 15) is 13.2 Å². The maximum atomic E-state index is 12.8. The van der Waals surface area contributed by atoms with E-state index in [0.29, 0.717) is 12.2 Å². The van der Waals surface area contributed by atoms with Gasteiger partial charge in [0.25, 0.3) is 0 Å². The molecular formula is C20H23NO5S.